The number of nitro groups is 1. The van der Waals surface area contributed by atoms with Crippen molar-refractivity contribution in [2.24, 2.45) is 0 Å². The number of benzene rings is 1. The molecule has 0 radical (unpaired) electrons. The minimum absolute atomic E-state index is 0.0882. The van der Waals surface area contributed by atoms with Crippen molar-refractivity contribution in [2.75, 3.05) is 12.3 Å². The Morgan fingerprint density at radius 2 is 2.13 bits per heavy atom. The molecule has 4 nitrogen and oxygen atoms in total. The molecule has 5 heteroatoms. The summed E-state index contributed by atoms with van der Waals surface area (Å²) in [7, 11) is 0. The Morgan fingerprint density at radius 1 is 1.47 bits per heavy atom. The Hall–Kier alpha value is -1.07. The Labute approximate surface area is 92.2 Å². The first-order valence-corrected chi connectivity index (χ1v) is 5.74. The third-order valence-electron chi connectivity index (χ3n) is 2.58. The molecule has 1 fully saturated rings. The Balaban J connectivity index is 2.26. The van der Waals surface area contributed by atoms with E-state index in [0.29, 0.717) is 0 Å². The molecule has 1 unspecified atom stereocenters. The standard InChI is InChI=1S/C10H12N2O2S/c1-10(11-6-7-15-10)8-2-4-9(5-3-8)12(13)14/h2-5,11H,6-7H2,1H3. The van der Waals surface area contributed by atoms with E-state index in [0.717, 1.165) is 17.9 Å². The number of thioether (sulfide) groups is 1. The fourth-order valence-corrected chi connectivity index (χ4v) is 2.80. The van der Waals surface area contributed by atoms with Gasteiger partial charge in [0.05, 0.1) is 9.79 Å². The first-order valence-electron chi connectivity index (χ1n) is 4.76. The van der Waals surface area contributed by atoms with Crippen molar-refractivity contribution in [1.82, 2.24) is 5.32 Å². The molecule has 1 heterocycles. The van der Waals surface area contributed by atoms with Crippen LogP contribution in [0.5, 0.6) is 0 Å². The van der Waals surface area contributed by atoms with E-state index >= 15 is 0 Å². The van der Waals surface area contributed by atoms with E-state index in [-0.39, 0.29) is 15.5 Å². The Kier molecular flexibility index (Phi) is 2.67. The molecule has 0 aliphatic carbocycles. The molecular formula is C10H12N2O2S. The number of non-ortho nitro benzene ring substituents is 1. The zero-order valence-corrected chi connectivity index (χ0v) is 9.21. The zero-order valence-electron chi connectivity index (χ0n) is 8.40. The molecule has 1 saturated heterocycles. The van der Waals surface area contributed by atoms with E-state index in [1.165, 1.54) is 0 Å². The summed E-state index contributed by atoms with van der Waals surface area (Å²) in [5, 5.41) is 13.9. The van der Waals surface area contributed by atoms with Gasteiger partial charge < -0.3 is 0 Å². The van der Waals surface area contributed by atoms with Gasteiger partial charge in [-0.1, -0.05) is 0 Å². The number of hydrogen-bond donors (Lipinski definition) is 1. The normalized spacial score (nSPS) is 25.4. The minimum atomic E-state index is -0.374. The summed E-state index contributed by atoms with van der Waals surface area (Å²) in [5.74, 6) is 1.08. The summed E-state index contributed by atoms with van der Waals surface area (Å²) in [6.07, 6.45) is 0. The monoisotopic (exact) mass is 224 g/mol. The van der Waals surface area contributed by atoms with Gasteiger partial charge in [-0.2, -0.15) is 0 Å². The summed E-state index contributed by atoms with van der Waals surface area (Å²) in [5.41, 5.74) is 1.24. The molecule has 0 aromatic heterocycles. The maximum atomic E-state index is 10.5. The van der Waals surface area contributed by atoms with E-state index in [1.54, 1.807) is 12.1 Å². The Morgan fingerprint density at radius 3 is 2.60 bits per heavy atom. The minimum Gasteiger partial charge on any atom is -0.298 e. The molecule has 0 amide bonds. The van der Waals surface area contributed by atoms with Crippen LogP contribution in [0, 0.1) is 10.1 Å². The topological polar surface area (TPSA) is 55.2 Å². The van der Waals surface area contributed by atoms with E-state index in [1.807, 2.05) is 23.9 Å². The highest BCUT2D eigenvalue weighted by Crippen LogP contribution is 2.37. The number of nitrogens with zero attached hydrogens (tertiary/aromatic N) is 1. The third-order valence-corrected chi connectivity index (χ3v) is 3.95. The van der Waals surface area contributed by atoms with E-state index in [9.17, 15) is 10.1 Å². The van der Waals surface area contributed by atoms with Crippen LogP contribution in [0.1, 0.15) is 12.5 Å². The number of nitro benzene ring substituents is 1. The highest BCUT2D eigenvalue weighted by atomic mass is 32.2. The van der Waals surface area contributed by atoms with Crippen molar-refractivity contribution in [1.29, 1.82) is 0 Å². The van der Waals surface area contributed by atoms with Crippen molar-refractivity contribution < 1.29 is 4.92 Å². The number of hydrogen-bond acceptors (Lipinski definition) is 4. The lowest BCUT2D eigenvalue weighted by Gasteiger charge is -2.23. The average molecular weight is 224 g/mol. The Bertz CT molecular complexity index is 372. The smallest absolute Gasteiger partial charge is 0.269 e. The lowest BCUT2D eigenvalue weighted by atomic mass is 10.1. The molecule has 2 rings (SSSR count). The second-order valence-electron chi connectivity index (χ2n) is 3.61. The van der Waals surface area contributed by atoms with Crippen LogP contribution in [0.2, 0.25) is 0 Å². The summed E-state index contributed by atoms with van der Waals surface area (Å²) >= 11 is 1.83. The SMILES string of the molecule is CC1(c2ccc([N+](=O)[O-])cc2)NCCS1. The van der Waals surface area contributed by atoms with Gasteiger partial charge in [0.2, 0.25) is 0 Å². The zero-order chi connectivity index (χ0) is 10.9. The van der Waals surface area contributed by atoms with E-state index in [4.69, 9.17) is 0 Å². The predicted molar refractivity (Wildman–Crippen MR) is 60.9 cm³/mol. The second kappa shape index (κ2) is 3.83. The summed E-state index contributed by atoms with van der Waals surface area (Å²) in [6.45, 7) is 3.09. The van der Waals surface area contributed by atoms with Crippen LogP contribution in [-0.4, -0.2) is 17.2 Å². The first-order chi connectivity index (χ1) is 7.12. The summed E-state index contributed by atoms with van der Waals surface area (Å²) < 4.78 is 0. The molecule has 0 spiro atoms. The van der Waals surface area contributed by atoms with Crippen molar-refractivity contribution in [2.45, 2.75) is 11.8 Å². The highest BCUT2D eigenvalue weighted by Gasteiger charge is 2.30. The van der Waals surface area contributed by atoms with Crippen LogP contribution in [0.4, 0.5) is 5.69 Å². The van der Waals surface area contributed by atoms with Gasteiger partial charge in [-0.3, -0.25) is 15.4 Å². The quantitative estimate of drug-likeness (QED) is 0.617. The number of rotatable bonds is 2. The second-order valence-corrected chi connectivity index (χ2v) is 5.13. The summed E-state index contributed by atoms with van der Waals surface area (Å²) in [6, 6.07) is 6.76. The van der Waals surface area contributed by atoms with Crippen LogP contribution in [0.15, 0.2) is 24.3 Å². The van der Waals surface area contributed by atoms with Gasteiger partial charge in [-0.25, -0.2) is 0 Å². The maximum absolute atomic E-state index is 10.5. The molecule has 15 heavy (non-hydrogen) atoms. The molecule has 1 aromatic carbocycles. The maximum Gasteiger partial charge on any atom is 0.269 e. The molecule has 1 aliphatic heterocycles. The molecule has 0 saturated carbocycles. The fourth-order valence-electron chi connectivity index (χ4n) is 1.68. The molecule has 80 valence electrons. The van der Waals surface area contributed by atoms with Crippen LogP contribution >= 0.6 is 11.8 Å². The van der Waals surface area contributed by atoms with Crippen LogP contribution in [0.25, 0.3) is 0 Å². The van der Waals surface area contributed by atoms with Gasteiger partial charge in [0.15, 0.2) is 0 Å². The van der Waals surface area contributed by atoms with E-state index < -0.39 is 0 Å². The number of nitrogens with one attached hydrogen (secondary N) is 1. The molecule has 1 N–H and O–H groups in total. The van der Waals surface area contributed by atoms with Gasteiger partial charge in [0.25, 0.3) is 5.69 Å². The van der Waals surface area contributed by atoms with Crippen molar-refractivity contribution >= 4 is 17.4 Å². The summed E-state index contributed by atoms with van der Waals surface area (Å²) in [4.78, 5) is 10.0. The van der Waals surface area contributed by atoms with Gasteiger partial charge in [0.1, 0.15) is 0 Å². The van der Waals surface area contributed by atoms with Crippen LogP contribution in [-0.2, 0) is 4.87 Å². The lowest BCUT2D eigenvalue weighted by Crippen LogP contribution is -2.30. The molecule has 0 bridgehead atoms. The van der Waals surface area contributed by atoms with E-state index in [2.05, 4.69) is 12.2 Å². The molecule has 1 aromatic rings. The first kappa shape index (κ1) is 10.4. The average Bonchev–Trinajstić information content (AvgIpc) is 2.67. The fraction of sp³-hybridized carbons (Fsp3) is 0.400. The van der Waals surface area contributed by atoms with Gasteiger partial charge in [-0.15, -0.1) is 11.8 Å². The van der Waals surface area contributed by atoms with Crippen molar-refractivity contribution in [3.05, 3.63) is 39.9 Å². The largest absolute Gasteiger partial charge is 0.298 e. The van der Waals surface area contributed by atoms with Gasteiger partial charge in [0, 0.05) is 24.4 Å². The highest BCUT2D eigenvalue weighted by molar-refractivity contribution is 8.00. The molecular weight excluding hydrogens is 212 g/mol. The van der Waals surface area contributed by atoms with Gasteiger partial charge in [-0.05, 0) is 24.6 Å². The third kappa shape index (κ3) is 1.98. The predicted octanol–water partition coefficient (Wildman–Crippen LogP) is 2.10. The van der Waals surface area contributed by atoms with Crippen LogP contribution < -0.4 is 5.32 Å². The van der Waals surface area contributed by atoms with Gasteiger partial charge >= 0.3 is 0 Å². The lowest BCUT2D eigenvalue weighted by molar-refractivity contribution is -0.384. The van der Waals surface area contributed by atoms with Crippen molar-refractivity contribution in [3.8, 4) is 0 Å². The molecule has 1 aliphatic rings. The van der Waals surface area contributed by atoms with Crippen molar-refractivity contribution in [3.63, 3.8) is 0 Å². The molecule has 1 atom stereocenters. The van der Waals surface area contributed by atoms with Crippen LogP contribution in [0.3, 0.4) is 0 Å².